The second-order valence-electron chi connectivity index (χ2n) is 4.57. The topological polar surface area (TPSA) is 75.3 Å². The third-order valence-electron chi connectivity index (χ3n) is 2.82. The van der Waals surface area contributed by atoms with E-state index in [-0.39, 0.29) is 9.88 Å². The summed E-state index contributed by atoms with van der Waals surface area (Å²) in [7, 11) is -3.93. The summed E-state index contributed by atoms with van der Waals surface area (Å²) in [5.74, 6) is 0. The average molecular weight is 334 g/mol. The van der Waals surface area contributed by atoms with E-state index in [1.54, 1.807) is 36.4 Å². The van der Waals surface area contributed by atoms with Crippen LogP contribution in [0.4, 0.5) is 4.79 Å². The molecule has 0 atom stereocenters. The molecular formula is C15H14N2O3S2. The molecule has 0 aliphatic carbocycles. The van der Waals surface area contributed by atoms with Gasteiger partial charge in [0.15, 0.2) is 0 Å². The van der Waals surface area contributed by atoms with Crippen LogP contribution in [0.1, 0.15) is 11.1 Å². The van der Waals surface area contributed by atoms with Gasteiger partial charge in [-0.1, -0.05) is 60.2 Å². The monoisotopic (exact) mass is 334 g/mol. The SMILES string of the molecule is Cc1ccc(S(=O)(=O)NC(=O)NC(=S)c2ccccc2)cc1. The lowest BCUT2D eigenvalue weighted by Crippen LogP contribution is -2.42. The fraction of sp³-hybridized carbons (Fsp3) is 0.0667. The van der Waals surface area contributed by atoms with Gasteiger partial charge in [-0.05, 0) is 19.1 Å². The summed E-state index contributed by atoms with van der Waals surface area (Å²) in [4.78, 5) is 12.0. The van der Waals surface area contributed by atoms with Crippen molar-refractivity contribution in [2.45, 2.75) is 11.8 Å². The van der Waals surface area contributed by atoms with Gasteiger partial charge in [0.2, 0.25) is 0 Å². The van der Waals surface area contributed by atoms with Crippen molar-refractivity contribution >= 4 is 33.3 Å². The third-order valence-corrected chi connectivity index (χ3v) is 4.51. The van der Waals surface area contributed by atoms with Gasteiger partial charge < -0.3 is 0 Å². The van der Waals surface area contributed by atoms with Crippen LogP contribution in [0.25, 0.3) is 0 Å². The number of amides is 2. The van der Waals surface area contributed by atoms with Crippen LogP contribution in [0.15, 0.2) is 59.5 Å². The summed E-state index contributed by atoms with van der Waals surface area (Å²) in [5.41, 5.74) is 1.55. The Morgan fingerprint density at radius 1 is 1.00 bits per heavy atom. The molecule has 22 heavy (non-hydrogen) atoms. The van der Waals surface area contributed by atoms with Crippen LogP contribution >= 0.6 is 12.2 Å². The molecule has 0 aromatic heterocycles. The first kappa shape index (κ1) is 16.1. The molecule has 5 nitrogen and oxygen atoms in total. The maximum Gasteiger partial charge on any atom is 0.333 e. The molecular weight excluding hydrogens is 320 g/mol. The van der Waals surface area contributed by atoms with Crippen LogP contribution in [0.3, 0.4) is 0 Å². The molecule has 2 aromatic carbocycles. The smallest absolute Gasteiger partial charge is 0.297 e. The minimum absolute atomic E-state index is 0.0129. The normalized spacial score (nSPS) is 10.8. The van der Waals surface area contributed by atoms with Crippen molar-refractivity contribution < 1.29 is 13.2 Å². The molecule has 0 saturated carbocycles. The van der Waals surface area contributed by atoms with Crippen LogP contribution in [0.2, 0.25) is 0 Å². The molecule has 2 amide bonds. The van der Waals surface area contributed by atoms with Crippen LogP contribution in [0.5, 0.6) is 0 Å². The highest BCUT2D eigenvalue weighted by Crippen LogP contribution is 2.09. The largest absolute Gasteiger partial charge is 0.333 e. The van der Waals surface area contributed by atoms with Crippen molar-refractivity contribution in [3.05, 3.63) is 65.7 Å². The van der Waals surface area contributed by atoms with Gasteiger partial charge in [0.1, 0.15) is 4.99 Å². The fourth-order valence-electron chi connectivity index (χ4n) is 1.69. The fourth-order valence-corrected chi connectivity index (χ4v) is 2.82. The van der Waals surface area contributed by atoms with Gasteiger partial charge in [-0.2, -0.15) is 0 Å². The van der Waals surface area contributed by atoms with Crippen molar-refractivity contribution in [1.82, 2.24) is 10.0 Å². The van der Waals surface area contributed by atoms with Gasteiger partial charge >= 0.3 is 6.03 Å². The lowest BCUT2D eigenvalue weighted by Gasteiger charge is -2.09. The second-order valence-corrected chi connectivity index (χ2v) is 6.66. The third kappa shape index (κ3) is 4.12. The zero-order valence-corrected chi connectivity index (χ0v) is 13.4. The Morgan fingerprint density at radius 2 is 1.59 bits per heavy atom. The summed E-state index contributed by atoms with van der Waals surface area (Å²) < 4.78 is 26.0. The van der Waals surface area contributed by atoms with Crippen molar-refractivity contribution in [3.63, 3.8) is 0 Å². The Labute approximate surface area is 134 Å². The van der Waals surface area contributed by atoms with Crippen molar-refractivity contribution in [3.8, 4) is 0 Å². The molecule has 0 saturated heterocycles. The molecule has 2 rings (SSSR count). The van der Waals surface area contributed by atoms with Crippen LogP contribution in [-0.4, -0.2) is 19.4 Å². The summed E-state index contributed by atoms with van der Waals surface area (Å²) >= 11 is 5.05. The molecule has 0 unspecified atom stereocenters. The molecule has 2 aromatic rings. The maximum atomic E-state index is 12.1. The van der Waals surface area contributed by atoms with E-state index in [1.165, 1.54) is 12.1 Å². The zero-order chi connectivity index (χ0) is 16.2. The van der Waals surface area contributed by atoms with E-state index in [0.717, 1.165) is 5.56 Å². The first-order chi connectivity index (χ1) is 10.4. The average Bonchev–Trinajstić information content (AvgIpc) is 2.48. The number of hydrogen-bond donors (Lipinski definition) is 2. The molecule has 0 bridgehead atoms. The predicted molar refractivity (Wildman–Crippen MR) is 88.2 cm³/mol. The van der Waals surface area contributed by atoms with Gasteiger partial charge in [-0.15, -0.1) is 0 Å². The van der Waals surface area contributed by atoms with E-state index >= 15 is 0 Å². The lowest BCUT2D eigenvalue weighted by molar-refractivity contribution is 0.250. The van der Waals surface area contributed by atoms with Gasteiger partial charge in [0, 0.05) is 5.56 Å². The molecule has 114 valence electrons. The van der Waals surface area contributed by atoms with E-state index in [9.17, 15) is 13.2 Å². The van der Waals surface area contributed by atoms with Gasteiger partial charge in [0.05, 0.1) is 4.90 Å². The molecule has 2 N–H and O–H groups in total. The Balaban J connectivity index is 2.05. The predicted octanol–water partition coefficient (Wildman–Crippen LogP) is 2.36. The Bertz CT molecular complexity index is 785. The molecule has 0 fully saturated rings. The van der Waals surface area contributed by atoms with E-state index in [1.807, 2.05) is 17.7 Å². The van der Waals surface area contributed by atoms with Gasteiger partial charge in [-0.3, -0.25) is 5.32 Å². The first-order valence-corrected chi connectivity index (χ1v) is 8.27. The van der Waals surface area contributed by atoms with Crippen molar-refractivity contribution in [2.24, 2.45) is 0 Å². The number of urea groups is 1. The maximum absolute atomic E-state index is 12.1. The highest BCUT2D eigenvalue weighted by Gasteiger charge is 2.18. The molecule has 0 aliphatic heterocycles. The number of aryl methyl sites for hydroxylation is 1. The number of carbonyl (C=O) groups is 1. The van der Waals surface area contributed by atoms with Crippen molar-refractivity contribution in [1.29, 1.82) is 0 Å². The first-order valence-electron chi connectivity index (χ1n) is 6.38. The molecule has 0 radical (unpaired) electrons. The van der Waals surface area contributed by atoms with E-state index in [0.29, 0.717) is 5.56 Å². The minimum atomic E-state index is -3.93. The highest BCUT2D eigenvalue weighted by atomic mass is 32.2. The van der Waals surface area contributed by atoms with Gasteiger partial charge in [-0.25, -0.2) is 17.9 Å². The summed E-state index contributed by atoms with van der Waals surface area (Å²) in [6, 6.07) is 14.1. The Kier molecular flexibility index (Phi) is 4.89. The van der Waals surface area contributed by atoms with E-state index in [4.69, 9.17) is 12.2 Å². The zero-order valence-electron chi connectivity index (χ0n) is 11.7. The summed E-state index contributed by atoms with van der Waals surface area (Å²) in [5, 5.41) is 2.34. The minimum Gasteiger partial charge on any atom is -0.297 e. The number of carbonyl (C=O) groups excluding carboxylic acids is 1. The number of hydrogen-bond acceptors (Lipinski definition) is 4. The van der Waals surface area contributed by atoms with Crippen LogP contribution < -0.4 is 10.0 Å². The number of rotatable bonds is 3. The number of benzene rings is 2. The quantitative estimate of drug-likeness (QED) is 0.845. The van der Waals surface area contributed by atoms with E-state index in [2.05, 4.69) is 5.32 Å². The number of thiocarbonyl (C=S) groups is 1. The van der Waals surface area contributed by atoms with Crippen LogP contribution in [-0.2, 0) is 10.0 Å². The highest BCUT2D eigenvalue weighted by molar-refractivity contribution is 7.90. The van der Waals surface area contributed by atoms with E-state index < -0.39 is 16.1 Å². The lowest BCUT2D eigenvalue weighted by atomic mass is 10.2. The molecule has 0 aliphatic rings. The number of sulfonamides is 1. The standard InChI is InChI=1S/C15H14N2O3S2/c1-11-7-9-13(10-8-11)22(19,20)17-15(18)16-14(21)12-5-3-2-4-6-12/h2-10H,1H3,(H2,16,17,18,21). The molecule has 0 heterocycles. The summed E-state index contributed by atoms with van der Waals surface area (Å²) in [6.45, 7) is 1.84. The van der Waals surface area contributed by atoms with Gasteiger partial charge in [0.25, 0.3) is 10.0 Å². The van der Waals surface area contributed by atoms with Crippen LogP contribution in [0, 0.1) is 6.92 Å². The molecule has 0 spiro atoms. The molecule has 7 heteroatoms. The Hall–Kier alpha value is -2.25. The second kappa shape index (κ2) is 6.67. The number of nitrogens with one attached hydrogen (secondary N) is 2. The van der Waals surface area contributed by atoms with Crippen molar-refractivity contribution in [2.75, 3.05) is 0 Å². The Morgan fingerprint density at radius 3 is 2.18 bits per heavy atom. The summed E-state index contributed by atoms with van der Waals surface area (Å²) in [6.07, 6.45) is 0.